The lowest BCUT2D eigenvalue weighted by atomic mass is 9.87. The molecule has 118 valence electrons. The summed E-state index contributed by atoms with van der Waals surface area (Å²) < 4.78 is 1.10. The van der Waals surface area contributed by atoms with Gasteiger partial charge in [0.15, 0.2) is 0 Å². The number of anilines is 1. The van der Waals surface area contributed by atoms with Crippen LogP contribution in [0.1, 0.15) is 43.2 Å². The first-order valence-electron chi connectivity index (χ1n) is 7.69. The molecule has 1 aliphatic carbocycles. The monoisotopic (exact) mass is 363 g/mol. The van der Waals surface area contributed by atoms with Crippen molar-refractivity contribution in [2.45, 2.75) is 51.6 Å². The maximum atomic E-state index is 6.27. The normalized spacial score (nSPS) is 20.8. The Bertz CT molecular complexity index is 659. The van der Waals surface area contributed by atoms with Crippen LogP contribution in [-0.4, -0.2) is 17.6 Å². The Morgan fingerprint density at radius 3 is 2.45 bits per heavy atom. The van der Waals surface area contributed by atoms with Crippen LogP contribution in [0.5, 0.6) is 0 Å². The molecule has 0 aromatic heterocycles. The smallest absolute Gasteiger partial charge is 0.220 e. The predicted molar refractivity (Wildman–Crippen MR) is 95.2 cm³/mol. The zero-order chi connectivity index (χ0) is 15.9. The van der Waals surface area contributed by atoms with Crippen LogP contribution in [0.2, 0.25) is 0 Å². The molecule has 22 heavy (non-hydrogen) atoms. The largest absolute Gasteiger partial charge is 0.369 e. The summed E-state index contributed by atoms with van der Waals surface area (Å²) in [4.78, 5) is 11.0. The molecule has 0 bridgehead atoms. The Morgan fingerprint density at radius 1 is 1.09 bits per heavy atom. The molecule has 3 rings (SSSR count). The van der Waals surface area contributed by atoms with Crippen molar-refractivity contribution in [3.05, 3.63) is 27.7 Å². The van der Waals surface area contributed by atoms with Gasteiger partial charge in [-0.3, -0.25) is 4.90 Å². The maximum absolute atomic E-state index is 6.27. The summed E-state index contributed by atoms with van der Waals surface area (Å²) >= 11 is 3.59. The number of halogens is 1. The fourth-order valence-electron chi connectivity index (χ4n) is 3.48. The molecule has 1 fully saturated rings. The van der Waals surface area contributed by atoms with Crippen molar-refractivity contribution < 1.29 is 0 Å². The van der Waals surface area contributed by atoms with E-state index in [1.54, 1.807) is 0 Å². The van der Waals surface area contributed by atoms with Crippen molar-refractivity contribution in [2.75, 3.05) is 4.90 Å². The summed E-state index contributed by atoms with van der Waals surface area (Å²) in [7, 11) is 0. The van der Waals surface area contributed by atoms with Crippen LogP contribution in [-0.2, 0) is 0 Å². The topological polar surface area (TPSA) is 80.0 Å². The van der Waals surface area contributed by atoms with Crippen molar-refractivity contribution >= 4 is 33.5 Å². The molecule has 1 aromatic carbocycles. The molecule has 0 amide bonds. The highest BCUT2D eigenvalue weighted by atomic mass is 79.9. The highest BCUT2D eigenvalue weighted by Gasteiger charge is 2.43. The molecule has 0 atom stereocenters. The molecule has 1 spiro atoms. The summed E-state index contributed by atoms with van der Waals surface area (Å²) in [5.74, 6) is 0.737. The van der Waals surface area contributed by atoms with Crippen LogP contribution in [0, 0.1) is 13.8 Å². The second-order valence-electron chi connectivity index (χ2n) is 6.21. The molecule has 1 heterocycles. The van der Waals surface area contributed by atoms with Gasteiger partial charge in [-0.25, -0.2) is 4.99 Å². The number of nitrogens with two attached hydrogens (primary N) is 2. The molecule has 2 aliphatic rings. The molecule has 6 heteroatoms. The van der Waals surface area contributed by atoms with Crippen LogP contribution in [0.3, 0.4) is 0 Å². The van der Waals surface area contributed by atoms with Gasteiger partial charge in [0, 0.05) is 10.2 Å². The zero-order valence-corrected chi connectivity index (χ0v) is 14.7. The second kappa shape index (κ2) is 5.57. The summed E-state index contributed by atoms with van der Waals surface area (Å²) in [5, 5.41) is 0. The molecular weight excluding hydrogens is 342 g/mol. The van der Waals surface area contributed by atoms with Crippen molar-refractivity contribution in [2.24, 2.45) is 21.5 Å². The van der Waals surface area contributed by atoms with Gasteiger partial charge in [-0.2, -0.15) is 4.99 Å². The van der Waals surface area contributed by atoms with Crippen LogP contribution in [0.25, 0.3) is 0 Å². The van der Waals surface area contributed by atoms with E-state index in [0.717, 1.165) is 41.4 Å². The average Bonchev–Trinajstić information content (AvgIpc) is 2.44. The third-order valence-electron chi connectivity index (χ3n) is 4.57. The third kappa shape index (κ3) is 2.49. The molecule has 1 saturated carbocycles. The van der Waals surface area contributed by atoms with Gasteiger partial charge in [0.25, 0.3) is 0 Å². The molecule has 5 nitrogen and oxygen atoms in total. The van der Waals surface area contributed by atoms with E-state index in [-0.39, 0.29) is 5.66 Å². The van der Waals surface area contributed by atoms with Crippen molar-refractivity contribution in [1.82, 2.24) is 0 Å². The van der Waals surface area contributed by atoms with E-state index in [1.165, 1.54) is 12.0 Å². The van der Waals surface area contributed by atoms with Gasteiger partial charge in [0.1, 0.15) is 5.66 Å². The van der Waals surface area contributed by atoms with E-state index in [2.05, 4.69) is 51.8 Å². The molecule has 4 N–H and O–H groups in total. The van der Waals surface area contributed by atoms with Crippen LogP contribution < -0.4 is 16.4 Å². The van der Waals surface area contributed by atoms with Crippen molar-refractivity contribution in [3.8, 4) is 0 Å². The van der Waals surface area contributed by atoms with Crippen LogP contribution in [0.4, 0.5) is 5.69 Å². The van der Waals surface area contributed by atoms with Gasteiger partial charge < -0.3 is 11.5 Å². The number of rotatable bonds is 1. The van der Waals surface area contributed by atoms with E-state index >= 15 is 0 Å². The summed E-state index contributed by atoms with van der Waals surface area (Å²) in [6.45, 7) is 4.17. The number of hydrogen-bond donors (Lipinski definition) is 2. The molecule has 1 aliphatic heterocycles. The lowest BCUT2D eigenvalue weighted by Crippen LogP contribution is -2.58. The number of aryl methyl sites for hydroxylation is 2. The Hall–Kier alpha value is -1.56. The minimum Gasteiger partial charge on any atom is -0.369 e. The molecule has 0 unspecified atom stereocenters. The minimum atomic E-state index is -0.376. The summed E-state index contributed by atoms with van der Waals surface area (Å²) in [5.41, 5.74) is 15.2. The van der Waals surface area contributed by atoms with Crippen molar-refractivity contribution in [3.63, 3.8) is 0 Å². The van der Waals surface area contributed by atoms with E-state index < -0.39 is 0 Å². The predicted octanol–water partition coefficient (Wildman–Crippen LogP) is 3.18. The van der Waals surface area contributed by atoms with Crippen molar-refractivity contribution in [1.29, 1.82) is 0 Å². The van der Waals surface area contributed by atoms with E-state index in [9.17, 15) is 0 Å². The average molecular weight is 364 g/mol. The Balaban J connectivity index is 2.14. The van der Waals surface area contributed by atoms with Gasteiger partial charge in [0.2, 0.25) is 11.9 Å². The van der Waals surface area contributed by atoms with E-state index in [0.29, 0.717) is 11.9 Å². The Morgan fingerprint density at radius 2 is 1.77 bits per heavy atom. The van der Waals surface area contributed by atoms with Gasteiger partial charge in [-0.15, -0.1) is 0 Å². The fourth-order valence-corrected chi connectivity index (χ4v) is 3.93. The Labute approximate surface area is 139 Å². The number of hydrogen-bond acceptors (Lipinski definition) is 5. The number of aliphatic imine (C=N–C) groups is 2. The van der Waals surface area contributed by atoms with Crippen LogP contribution in [0.15, 0.2) is 26.6 Å². The number of nitrogens with zero attached hydrogens (tertiary/aromatic N) is 3. The first kappa shape index (κ1) is 15.3. The number of guanidine groups is 2. The molecule has 0 radical (unpaired) electrons. The van der Waals surface area contributed by atoms with Gasteiger partial charge in [-0.05, 0) is 62.8 Å². The first-order valence-corrected chi connectivity index (χ1v) is 8.49. The standard InChI is InChI=1S/C16H22BrN5/c1-10-9-13(11(2)8-12(10)17)22-15(19)20-14(18)21-16(22)6-4-3-5-7-16/h8-9H,3-7H2,1-2H3,(H4,18,19,20,21). The van der Waals surface area contributed by atoms with Gasteiger partial charge in [0.05, 0.1) is 0 Å². The fraction of sp³-hybridized carbons (Fsp3) is 0.500. The lowest BCUT2D eigenvalue weighted by molar-refractivity contribution is 0.305. The summed E-state index contributed by atoms with van der Waals surface area (Å²) in [6, 6.07) is 4.27. The highest BCUT2D eigenvalue weighted by Crippen LogP contribution is 2.41. The second-order valence-corrected chi connectivity index (χ2v) is 7.06. The zero-order valence-electron chi connectivity index (χ0n) is 13.1. The lowest BCUT2D eigenvalue weighted by Gasteiger charge is -2.46. The SMILES string of the molecule is Cc1cc(N2C(N)=NC(N)=NC23CCCCC3)c(C)cc1Br. The minimum absolute atomic E-state index is 0.294. The van der Waals surface area contributed by atoms with E-state index in [1.807, 2.05) is 0 Å². The third-order valence-corrected chi connectivity index (χ3v) is 5.42. The molecule has 0 saturated heterocycles. The Kier molecular flexibility index (Phi) is 3.89. The first-order chi connectivity index (χ1) is 10.4. The summed E-state index contributed by atoms with van der Waals surface area (Å²) in [6.07, 6.45) is 5.42. The molecular formula is C16H22BrN5. The van der Waals surface area contributed by atoms with Gasteiger partial charge in [-0.1, -0.05) is 22.4 Å². The highest BCUT2D eigenvalue weighted by molar-refractivity contribution is 9.10. The van der Waals surface area contributed by atoms with Gasteiger partial charge >= 0.3 is 0 Å². The quantitative estimate of drug-likeness (QED) is 0.803. The maximum Gasteiger partial charge on any atom is 0.220 e. The van der Waals surface area contributed by atoms with E-state index in [4.69, 9.17) is 16.5 Å². The van der Waals surface area contributed by atoms with Crippen LogP contribution >= 0.6 is 15.9 Å². The number of benzene rings is 1. The molecule has 1 aromatic rings.